The summed E-state index contributed by atoms with van der Waals surface area (Å²) in [4.78, 5) is 12.4. The second-order valence-corrected chi connectivity index (χ2v) is 8.04. The van der Waals surface area contributed by atoms with Gasteiger partial charge in [-0.15, -0.1) is 0 Å². The third kappa shape index (κ3) is 5.03. The number of nitrogens with zero attached hydrogens (tertiary/aromatic N) is 1. The van der Waals surface area contributed by atoms with Gasteiger partial charge in [-0.2, -0.15) is 4.31 Å². The number of carbonyl (C=O) groups is 1. The summed E-state index contributed by atoms with van der Waals surface area (Å²) in [5.74, 6) is -0.250. The van der Waals surface area contributed by atoms with E-state index in [-0.39, 0.29) is 10.8 Å². The van der Waals surface area contributed by atoms with Crippen LogP contribution in [-0.4, -0.2) is 44.8 Å². The van der Waals surface area contributed by atoms with Gasteiger partial charge in [0, 0.05) is 25.2 Å². The monoisotopic (exact) mass is 353 g/mol. The van der Waals surface area contributed by atoms with Crippen molar-refractivity contribution in [3.8, 4) is 0 Å². The third-order valence-corrected chi connectivity index (χ3v) is 6.11. The minimum atomic E-state index is -3.53. The van der Waals surface area contributed by atoms with Crippen LogP contribution in [0.3, 0.4) is 0 Å². The lowest BCUT2D eigenvalue weighted by atomic mass is 10.2. The smallest absolute Gasteiger partial charge is 0.251 e. The van der Waals surface area contributed by atoms with Crippen molar-refractivity contribution < 1.29 is 13.2 Å². The first kappa shape index (κ1) is 18.9. The molecule has 24 heavy (non-hydrogen) atoms. The number of rotatable bonds is 7. The molecular weight excluding hydrogens is 326 g/mol. The van der Waals surface area contributed by atoms with Gasteiger partial charge < -0.3 is 11.1 Å². The summed E-state index contributed by atoms with van der Waals surface area (Å²) in [6.07, 6.45) is 5.58. The predicted octanol–water partition coefficient (Wildman–Crippen LogP) is 1.72. The molecule has 1 saturated heterocycles. The van der Waals surface area contributed by atoms with E-state index in [1.54, 1.807) is 18.2 Å². The van der Waals surface area contributed by atoms with Gasteiger partial charge in [-0.05, 0) is 50.4 Å². The van der Waals surface area contributed by atoms with Gasteiger partial charge in [-0.25, -0.2) is 8.42 Å². The van der Waals surface area contributed by atoms with Gasteiger partial charge in [-0.1, -0.05) is 18.9 Å². The van der Waals surface area contributed by atoms with Gasteiger partial charge in [-0.3, -0.25) is 4.79 Å². The van der Waals surface area contributed by atoms with Gasteiger partial charge >= 0.3 is 0 Å². The molecule has 1 aliphatic heterocycles. The average Bonchev–Trinajstić information content (AvgIpc) is 2.88. The molecule has 2 rings (SSSR count). The largest absolute Gasteiger partial charge is 0.352 e. The van der Waals surface area contributed by atoms with Gasteiger partial charge in [0.05, 0.1) is 4.90 Å². The molecule has 134 valence electrons. The SMILES string of the molecule is NCCCCNC(=O)c1cccc(S(=O)(=O)N2CCCCCC2)c1. The molecule has 0 bridgehead atoms. The summed E-state index contributed by atoms with van der Waals surface area (Å²) in [6, 6.07) is 6.29. The van der Waals surface area contributed by atoms with Gasteiger partial charge in [0.15, 0.2) is 0 Å². The number of nitrogens with two attached hydrogens (primary N) is 1. The van der Waals surface area contributed by atoms with Crippen LogP contribution in [0.5, 0.6) is 0 Å². The van der Waals surface area contributed by atoms with E-state index in [1.807, 2.05) is 0 Å². The summed E-state index contributed by atoms with van der Waals surface area (Å²) < 4.78 is 27.1. The molecule has 1 heterocycles. The second-order valence-electron chi connectivity index (χ2n) is 6.10. The Morgan fingerprint density at radius 2 is 1.83 bits per heavy atom. The summed E-state index contributed by atoms with van der Waals surface area (Å²) >= 11 is 0. The van der Waals surface area contributed by atoms with E-state index in [1.165, 1.54) is 10.4 Å². The summed E-state index contributed by atoms with van der Waals surface area (Å²) in [5.41, 5.74) is 5.80. The summed E-state index contributed by atoms with van der Waals surface area (Å²) in [5, 5.41) is 2.80. The zero-order valence-electron chi connectivity index (χ0n) is 14.0. The van der Waals surface area contributed by atoms with E-state index >= 15 is 0 Å². The number of benzene rings is 1. The second kappa shape index (κ2) is 9.15. The number of sulfonamides is 1. The van der Waals surface area contributed by atoms with Gasteiger partial charge in [0.2, 0.25) is 10.0 Å². The normalized spacial score (nSPS) is 16.5. The van der Waals surface area contributed by atoms with Crippen molar-refractivity contribution in [2.75, 3.05) is 26.2 Å². The maximum atomic E-state index is 12.8. The van der Waals surface area contributed by atoms with Crippen LogP contribution in [0, 0.1) is 0 Å². The molecule has 1 amide bonds. The van der Waals surface area contributed by atoms with E-state index in [0.717, 1.165) is 38.5 Å². The minimum Gasteiger partial charge on any atom is -0.352 e. The molecule has 0 unspecified atom stereocenters. The first-order valence-corrected chi connectivity index (χ1v) is 10.1. The van der Waals surface area contributed by atoms with Crippen LogP contribution in [0.2, 0.25) is 0 Å². The summed E-state index contributed by atoms with van der Waals surface area (Å²) in [6.45, 7) is 2.24. The Morgan fingerprint density at radius 1 is 1.12 bits per heavy atom. The quantitative estimate of drug-likeness (QED) is 0.730. The number of hydrogen-bond acceptors (Lipinski definition) is 4. The predicted molar refractivity (Wildman–Crippen MR) is 94.3 cm³/mol. The van der Waals surface area contributed by atoms with E-state index in [4.69, 9.17) is 5.73 Å². The molecule has 1 aromatic rings. The fourth-order valence-electron chi connectivity index (χ4n) is 2.80. The highest BCUT2D eigenvalue weighted by atomic mass is 32.2. The van der Waals surface area contributed by atoms with E-state index in [0.29, 0.717) is 31.7 Å². The number of amides is 1. The average molecular weight is 353 g/mol. The molecule has 0 saturated carbocycles. The van der Waals surface area contributed by atoms with Crippen LogP contribution >= 0.6 is 0 Å². The molecule has 7 heteroatoms. The first-order chi connectivity index (χ1) is 11.6. The highest BCUT2D eigenvalue weighted by Gasteiger charge is 2.25. The van der Waals surface area contributed by atoms with Crippen molar-refractivity contribution in [1.29, 1.82) is 0 Å². The first-order valence-electron chi connectivity index (χ1n) is 8.64. The topological polar surface area (TPSA) is 92.5 Å². The number of hydrogen-bond donors (Lipinski definition) is 2. The molecule has 3 N–H and O–H groups in total. The van der Waals surface area contributed by atoms with Crippen LogP contribution in [0.25, 0.3) is 0 Å². The highest BCUT2D eigenvalue weighted by Crippen LogP contribution is 2.21. The van der Waals surface area contributed by atoms with Crippen molar-refractivity contribution in [2.45, 2.75) is 43.4 Å². The van der Waals surface area contributed by atoms with Crippen molar-refractivity contribution in [3.63, 3.8) is 0 Å². The van der Waals surface area contributed by atoms with Gasteiger partial charge in [0.25, 0.3) is 5.91 Å². The van der Waals surface area contributed by atoms with Crippen molar-refractivity contribution in [1.82, 2.24) is 9.62 Å². The van der Waals surface area contributed by atoms with Crippen LogP contribution in [-0.2, 0) is 10.0 Å². The van der Waals surface area contributed by atoms with Gasteiger partial charge in [0.1, 0.15) is 0 Å². The maximum Gasteiger partial charge on any atom is 0.251 e. The fourth-order valence-corrected chi connectivity index (χ4v) is 4.37. The van der Waals surface area contributed by atoms with Crippen LogP contribution < -0.4 is 11.1 Å². The molecule has 1 aromatic carbocycles. The molecule has 0 spiro atoms. The number of carbonyl (C=O) groups excluding carboxylic acids is 1. The molecule has 0 aromatic heterocycles. The molecule has 1 fully saturated rings. The third-order valence-electron chi connectivity index (χ3n) is 4.22. The highest BCUT2D eigenvalue weighted by molar-refractivity contribution is 7.89. The Bertz CT molecular complexity index is 638. The van der Waals surface area contributed by atoms with Crippen molar-refractivity contribution in [3.05, 3.63) is 29.8 Å². The van der Waals surface area contributed by atoms with E-state index < -0.39 is 10.0 Å². The maximum absolute atomic E-state index is 12.8. The number of unbranched alkanes of at least 4 members (excludes halogenated alkanes) is 1. The Labute approximate surface area is 144 Å². The minimum absolute atomic E-state index is 0.194. The molecular formula is C17H27N3O3S. The lowest BCUT2D eigenvalue weighted by Crippen LogP contribution is -2.32. The lowest BCUT2D eigenvalue weighted by Gasteiger charge is -2.20. The van der Waals surface area contributed by atoms with E-state index in [2.05, 4.69) is 5.32 Å². The van der Waals surface area contributed by atoms with Crippen LogP contribution in [0.15, 0.2) is 29.2 Å². The Kier molecular flexibility index (Phi) is 7.20. The van der Waals surface area contributed by atoms with Crippen molar-refractivity contribution in [2.24, 2.45) is 5.73 Å². The summed E-state index contributed by atoms with van der Waals surface area (Å²) in [7, 11) is -3.53. The van der Waals surface area contributed by atoms with Crippen molar-refractivity contribution >= 4 is 15.9 Å². The Morgan fingerprint density at radius 3 is 2.50 bits per heavy atom. The van der Waals surface area contributed by atoms with E-state index in [9.17, 15) is 13.2 Å². The standard InChI is InChI=1S/C17H27N3O3S/c18-10-3-4-11-19-17(21)15-8-7-9-16(14-15)24(22,23)20-12-5-1-2-6-13-20/h7-9,14H,1-6,10-13,18H2,(H,19,21). The lowest BCUT2D eigenvalue weighted by molar-refractivity contribution is 0.0953. The Balaban J connectivity index is 2.09. The van der Waals surface area contributed by atoms with Crippen LogP contribution in [0.1, 0.15) is 48.9 Å². The molecule has 0 radical (unpaired) electrons. The fraction of sp³-hybridized carbons (Fsp3) is 0.588. The molecule has 0 atom stereocenters. The zero-order valence-corrected chi connectivity index (χ0v) is 14.9. The number of nitrogens with one attached hydrogen (secondary N) is 1. The molecule has 1 aliphatic rings. The Hall–Kier alpha value is -1.44. The molecule has 6 nitrogen and oxygen atoms in total. The van der Waals surface area contributed by atoms with Crippen LogP contribution in [0.4, 0.5) is 0 Å². The zero-order chi connectivity index (χ0) is 17.4. The molecule has 0 aliphatic carbocycles.